The molecule has 1 saturated heterocycles. The summed E-state index contributed by atoms with van der Waals surface area (Å²) in [7, 11) is 0. The van der Waals surface area contributed by atoms with Crippen molar-refractivity contribution in [2.45, 2.75) is 25.6 Å². The number of carbonyl (C=O) groups excluding carboxylic acids is 2. The summed E-state index contributed by atoms with van der Waals surface area (Å²) in [4.78, 5) is 28.0. The normalized spacial score (nSPS) is 23.1. The second-order valence-corrected chi connectivity index (χ2v) is 8.46. The Hall–Kier alpha value is -2.80. The van der Waals surface area contributed by atoms with Crippen LogP contribution < -0.4 is 4.74 Å². The third kappa shape index (κ3) is 4.67. The van der Waals surface area contributed by atoms with Gasteiger partial charge in [0, 0.05) is 13.1 Å². The highest BCUT2D eigenvalue weighted by atomic mass is 35.5. The fourth-order valence-corrected chi connectivity index (χ4v) is 4.63. The fourth-order valence-electron chi connectivity index (χ4n) is 4.40. The fraction of sp³-hybridized carbons (Fsp3) is 0.333. The molecule has 0 radical (unpaired) electrons. The van der Waals surface area contributed by atoms with Gasteiger partial charge in [-0.2, -0.15) is 13.2 Å². The van der Waals surface area contributed by atoms with Crippen molar-refractivity contribution in [3.8, 4) is 5.75 Å². The van der Waals surface area contributed by atoms with Crippen LogP contribution in [-0.2, 0) is 22.3 Å². The smallest absolute Gasteiger partial charge is 0.417 e. The molecule has 1 aliphatic carbocycles. The maximum Gasteiger partial charge on any atom is 0.417 e. The van der Waals surface area contributed by atoms with E-state index < -0.39 is 34.6 Å². The number of rotatable bonds is 4. The highest BCUT2D eigenvalue weighted by Gasteiger charge is 2.45. The lowest BCUT2D eigenvalue weighted by Gasteiger charge is -2.41. The Morgan fingerprint density at radius 3 is 2.62 bits per heavy atom. The first-order valence-corrected chi connectivity index (χ1v) is 10.7. The SMILES string of the molecule is O=C(Oc1ccc(Cl)c(C(F)(F)F)c1)C1CC=CC2CCN(Cc3ccccc3)C(=O)C21. The summed E-state index contributed by atoms with van der Waals surface area (Å²) in [5.74, 6) is -2.56. The molecule has 32 heavy (non-hydrogen) atoms. The van der Waals surface area contributed by atoms with Crippen molar-refractivity contribution in [2.75, 3.05) is 6.54 Å². The van der Waals surface area contributed by atoms with Crippen molar-refractivity contribution in [1.29, 1.82) is 0 Å². The molecule has 2 aromatic rings. The molecule has 0 bridgehead atoms. The van der Waals surface area contributed by atoms with Gasteiger partial charge in [-0.25, -0.2) is 0 Å². The van der Waals surface area contributed by atoms with Gasteiger partial charge in [-0.05, 0) is 42.5 Å². The number of hydrogen-bond acceptors (Lipinski definition) is 3. The molecule has 3 atom stereocenters. The average Bonchev–Trinajstić information content (AvgIpc) is 2.76. The second-order valence-electron chi connectivity index (χ2n) is 8.05. The number of fused-ring (bicyclic) bond motifs is 1. The molecule has 3 unspecified atom stereocenters. The van der Waals surface area contributed by atoms with E-state index in [0.29, 0.717) is 32.0 Å². The van der Waals surface area contributed by atoms with E-state index >= 15 is 0 Å². The van der Waals surface area contributed by atoms with Gasteiger partial charge >= 0.3 is 12.1 Å². The van der Waals surface area contributed by atoms with Crippen LogP contribution >= 0.6 is 11.6 Å². The minimum absolute atomic E-state index is 0.100. The van der Waals surface area contributed by atoms with Crippen molar-refractivity contribution in [2.24, 2.45) is 17.8 Å². The molecule has 0 N–H and O–H groups in total. The number of halogens is 4. The van der Waals surface area contributed by atoms with E-state index in [1.165, 1.54) is 6.07 Å². The van der Waals surface area contributed by atoms with E-state index in [1.54, 1.807) is 4.90 Å². The maximum absolute atomic E-state index is 13.3. The van der Waals surface area contributed by atoms with Crippen LogP contribution in [0.15, 0.2) is 60.7 Å². The van der Waals surface area contributed by atoms with Gasteiger partial charge in [0.15, 0.2) is 0 Å². The molecule has 8 heteroatoms. The Labute approximate surface area is 188 Å². The van der Waals surface area contributed by atoms with Gasteiger partial charge in [0.1, 0.15) is 5.75 Å². The van der Waals surface area contributed by atoms with Crippen LogP contribution in [0, 0.1) is 17.8 Å². The number of nitrogens with zero attached hydrogens (tertiary/aromatic N) is 1. The first-order valence-electron chi connectivity index (χ1n) is 10.3. The van der Waals surface area contributed by atoms with Gasteiger partial charge in [-0.3, -0.25) is 9.59 Å². The van der Waals surface area contributed by atoms with Gasteiger partial charge in [-0.1, -0.05) is 54.1 Å². The number of ether oxygens (including phenoxy) is 1. The Bertz CT molecular complexity index is 1040. The Morgan fingerprint density at radius 2 is 1.91 bits per heavy atom. The monoisotopic (exact) mass is 463 g/mol. The van der Waals surface area contributed by atoms with E-state index in [9.17, 15) is 22.8 Å². The second kappa shape index (κ2) is 8.98. The van der Waals surface area contributed by atoms with Crippen molar-refractivity contribution < 1.29 is 27.5 Å². The van der Waals surface area contributed by atoms with Crippen LogP contribution in [-0.4, -0.2) is 23.3 Å². The van der Waals surface area contributed by atoms with Crippen molar-refractivity contribution >= 4 is 23.5 Å². The number of hydrogen-bond donors (Lipinski definition) is 0. The van der Waals surface area contributed by atoms with E-state index in [4.69, 9.17) is 16.3 Å². The predicted octanol–water partition coefficient (Wildman–Crippen LogP) is 5.51. The summed E-state index contributed by atoms with van der Waals surface area (Å²) in [6.45, 7) is 1.02. The predicted molar refractivity (Wildman–Crippen MR) is 113 cm³/mol. The minimum Gasteiger partial charge on any atom is -0.426 e. The number of amides is 1. The first kappa shape index (κ1) is 22.4. The van der Waals surface area contributed by atoms with Gasteiger partial charge in [-0.15, -0.1) is 0 Å². The van der Waals surface area contributed by atoms with Crippen molar-refractivity contribution in [1.82, 2.24) is 4.90 Å². The standard InChI is InChI=1S/C24H21ClF3NO3/c25-20-10-9-17(13-19(20)24(26,27)28)32-23(31)18-8-4-7-16-11-12-29(22(30)21(16)18)14-15-5-2-1-3-6-15/h1-7,9-10,13,16,18,21H,8,11-12,14H2. The zero-order valence-corrected chi connectivity index (χ0v) is 17.8. The molecule has 2 aliphatic rings. The molecular weight excluding hydrogens is 443 g/mol. The molecule has 4 rings (SSSR count). The summed E-state index contributed by atoms with van der Waals surface area (Å²) >= 11 is 5.64. The quantitative estimate of drug-likeness (QED) is 0.341. The van der Waals surface area contributed by atoms with Gasteiger partial charge in [0.2, 0.25) is 5.91 Å². The lowest BCUT2D eigenvalue weighted by atomic mass is 9.71. The van der Waals surface area contributed by atoms with Gasteiger partial charge < -0.3 is 9.64 Å². The van der Waals surface area contributed by atoms with Crippen LogP contribution in [0.25, 0.3) is 0 Å². The van der Waals surface area contributed by atoms with E-state index in [0.717, 1.165) is 11.6 Å². The van der Waals surface area contributed by atoms with Crippen LogP contribution in [0.5, 0.6) is 5.75 Å². The number of benzene rings is 2. The van der Waals surface area contributed by atoms with Gasteiger partial charge in [0.05, 0.1) is 22.4 Å². The first-order chi connectivity index (χ1) is 15.2. The highest BCUT2D eigenvalue weighted by molar-refractivity contribution is 6.31. The number of carbonyl (C=O) groups is 2. The highest BCUT2D eigenvalue weighted by Crippen LogP contribution is 2.40. The summed E-state index contributed by atoms with van der Waals surface area (Å²) in [5, 5.41) is -0.475. The Balaban J connectivity index is 1.52. The van der Waals surface area contributed by atoms with Crippen LogP contribution in [0.1, 0.15) is 24.0 Å². The summed E-state index contributed by atoms with van der Waals surface area (Å²) in [6.07, 6.45) is 0.134. The number of esters is 1. The molecule has 0 aromatic heterocycles. The number of likely N-dealkylation sites (tertiary alicyclic amines) is 1. The van der Waals surface area contributed by atoms with Gasteiger partial charge in [0.25, 0.3) is 0 Å². The van der Waals surface area contributed by atoms with Crippen LogP contribution in [0.4, 0.5) is 13.2 Å². The summed E-state index contributed by atoms with van der Waals surface area (Å²) in [6, 6.07) is 12.5. The molecule has 1 aliphatic heterocycles. The molecule has 1 heterocycles. The number of alkyl halides is 3. The topological polar surface area (TPSA) is 46.6 Å². The number of allylic oxidation sites excluding steroid dienone is 2. The van der Waals surface area contributed by atoms with E-state index in [2.05, 4.69) is 0 Å². The third-order valence-corrected chi connectivity index (χ3v) is 6.31. The van der Waals surface area contributed by atoms with Crippen molar-refractivity contribution in [3.63, 3.8) is 0 Å². The maximum atomic E-state index is 13.3. The molecular formula is C24H21ClF3NO3. The number of piperidine rings is 1. The molecule has 1 amide bonds. The van der Waals surface area contributed by atoms with Crippen LogP contribution in [0.2, 0.25) is 5.02 Å². The van der Waals surface area contributed by atoms with E-state index in [-0.39, 0.29) is 17.6 Å². The summed E-state index contributed by atoms with van der Waals surface area (Å²) < 4.78 is 44.7. The van der Waals surface area contributed by atoms with E-state index in [1.807, 2.05) is 42.5 Å². The average molecular weight is 464 g/mol. The molecule has 168 valence electrons. The zero-order valence-electron chi connectivity index (χ0n) is 17.0. The lowest BCUT2D eigenvalue weighted by molar-refractivity contribution is -0.153. The zero-order chi connectivity index (χ0) is 22.9. The molecule has 1 fully saturated rings. The minimum atomic E-state index is -4.67. The molecule has 2 aromatic carbocycles. The molecule has 0 saturated carbocycles. The Morgan fingerprint density at radius 1 is 1.16 bits per heavy atom. The molecule has 4 nitrogen and oxygen atoms in total. The van der Waals surface area contributed by atoms with Crippen LogP contribution in [0.3, 0.4) is 0 Å². The Kier molecular flexibility index (Phi) is 6.29. The largest absolute Gasteiger partial charge is 0.426 e. The summed E-state index contributed by atoms with van der Waals surface area (Å²) in [5.41, 5.74) is -0.0840. The molecule has 0 spiro atoms. The van der Waals surface area contributed by atoms with Crippen molar-refractivity contribution in [3.05, 3.63) is 76.8 Å². The third-order valence-electron chi connectivity index (χ3n) is 5.98. The lowest BCUT2D eigenvalue weighted by Crippen LogP contribution is -2.50.